The molecule has 5 heteroatoms. The summed E-state index contributed by atoms with van der Waals surface area (Å²) < 4.78 is 10.7. The molecule has 0 spiro atoms. The number of benzene rings is 2. The largest absolute Gasteiger partial charge is 0.492 e. The average Bonchev–Trinajstić information content (AvgIpc) is 2.68. The molecule has 2 aromatic carbocycles. The van der Waals surface area contributed by atoms with Gasteiger partial charge in [0.15, 0.2) is 6.10 Å². The van der Waals surface area contributed by atoms with Gasteiger partial charge in [0.1, 0.15) is 5.75 Å². The molecular formula is C23H27NO4. The van der Waals surface area contributed by atoms with Crippen LogP contribution in [0.15, 0.2) is 54.6 Å². The van der Waals surface area contributed by atoms with Crippen molar-refractivity contribution in [1.82, 2.24) is 0 Å². The first-order valence-electron chi connectivity index (χ1n) is 9.42. The van der Waals surface area contributed by atoms with Crippen molar-refractivity contribution in [3.8, 4) is 5.75 Å². The maximum absolute atomic E-state index is 12.3. The predicted octanol–water partition coefficient (Wildman–Crippen LogP) is 4.79. The molecule has 0 saturated carbocycles. The summed E-state index contributed by atoms with van der Waals surface area (Å²) in [4.78, 5) is 24.3. The van der Waals surface area contributed by atoms with E-state index in [0.29, 0.717) is 24.0 Å². The Morgan fingerprint density at radius 1 is 1.04 bits per heavy atom. The van der Waals surface area contributed by atoms with Crippen LogP contribution in [0.1, 0.15) is 44.7 Å². The van der Waals surface area contributed by atoms with Crippen LogP contribution < -0.4 is 10.1 Å². The summed E-state index contributed by atoms with van der Waals surface area (Å²) in [5.41, 5.74) is 2.67. The molecule has 0 aromatic heterocycles. The lowest BCUT2D eigenvalue weighted by molar-refractivity contribution is -0.148. The first kappa shape index (κ1) is 21.2. The minimum absolute atomic E-state index is 0.421. The number of amides is 1. The number of carbonyl (C=O) groups is 2. The third-order valence-electron chi connectivity index (χ3n) is 4.12. The van der Waals surface area contributed by atoms with Gasteiger partial charge < -0.3 is 14.8 Å². The summed E-state index contributed by atoms with van der Waals surface area (Å²) in [6, 6.07) is 15.1. The lowest BCUT2D eigenvalue weighted by Gasteiger charge is -2.15. The Bertz CT molecular complexity index is 825. The van der Waals surface area contributed by atoms with Gasteiger partial charge in [-0.1, -0.05) is 50.2 Å². The van der Waals surface area contributed by atoms with Crippen LogP contribution in [-0.4, -0.2) is 24.6 Å². The fraction of sp³-hybridized carbons (Fsp3) is 0.304. The van der Waals surface area contributed by atoms with Crippen LogP contribution in [0.25, 0.3) is 6.08 Å². The number of anilines is 1. The van der Waals surface area contributed by atoms with Crippen molar-refractivity contribution in [3.05, 3.63) is 65.7 Å². The molecule has 148 valence electrons. The Balaban J connectivity index is 1.91. The smallest absolute Gasteiger partial charge is 0.331 e. The molecule has 2 rings (SSSR count). The van der Waals surface area contributed by atoms with Crippen molar-refractivity contribution in [3.63, 3.8) is 0 Å². The summed E-state index contributed by atoms with van der Waals surface area (Å²) >= 11 is 0. The highest BCUT2D eigenvalue weighted by molar-refractivity contribution is 5.97. The van der Waals surface area contributed by atoms with E-state index in [4.69, 9.17) is 9.47 Å². The predicted molar refractivity (Wildman–Crippen MR) is 111 cm³/mol. The standard InChI is InChI=1S/C23H27NO4/c1-5-27-21-9-7-6-8-20(21)24-23(26)17(4)28-22(25)15-12-18-10-13-19(14-11-18)16(2)3/h6-17H,5H2,1-4H3,(H,24,26)/b15-12+/t17-/m1/s1. The molecule has 2 aromatic rings. The maximum atomic E-state index is 12.3. The number of ether oxygens (including phenoxy) is 2. The quantitative estimate of drug-likeness (QED) is 0.527. The zero-order valence-electron chi connectivity index (χ0n) is 16.8. The molecule has 1 atom stereocenters. The molecule has 0 saturated heterocycles. The minimum atomic E-state index is -0.935. The van der Waals surface area contributed by atoms with E-state index >= 15 is 0 Å². The van der Waals surface area contributed by atoms with Crippen LogP contribution in [0.4, 0.5) is 5.69 Å². The molecule has 0 bridgehead atoms. The normalized spacial score (nSPS) is 12.0. The molecule has 1 N–H and O–H groups in total. The zero-order chi connectivity index (χ0) is 20.5. The fourth-order valence-corrected chi connectivity index (χ4v) is 2.51. The van der Waals surface area contributed by atoms with Gasteiger partial charge >= 0.3 is 5.97 Å². The average molecular weight is 381 g/mol. The number of carbonyl (C=O) groups excluding carboxylic acids is 2. The molecule has 5 nitrogen and oxygen atoms in total. The second-order valence-electron chi connectivity index (χ2n) is 6.65. The molecule has 0 aliphatic rings. The van der Waals surface area contributed by atoms with Gasteiger partial charge in [-0.05, 0) is 49.1 Å². The van der Waals surface area contributed by atoms with E-state index in [0.717, 1.165) is 5.56 Å². The molecule has 0 aliphatic heterocycles. The van der Waals surface area contributed by atoms with Gasteiger partial charge in [0, 0.05) is 6.08 Å². The molecule has 0 aliphatic carbocycles. The van der Waals surface area contributed by atoms with E-state index in [-0.39, 0.29) is 0 Å². The van der Waals surface area contributed by atoms with Crippen LogP contribution in [0.2, 0.25) is 0 Å². The highest BCUT2D eigenvalue weighted by Crippen LogP contribution is 2.24. The number of rotatable bonds is 8. The van der Waals surface area contributed by atoms with Crippen molar-refractivity contribution in [1.29, 1.82) is 0 Å². The van der Waals surface area contributed by atoms with Gasteiger partial charge in [0.05, 0.1) is 12.3 Å². The van der Waals surface area contributed by atoms with Crippen molar-refractivity contribution < 1.29 is 19.1 Å². The third kappa shape index (κ3) is 6.27. The third-order valence-corrected chi connectivity index (χ3v) is 4.12. The van der Waals surface area contributed by atoms with Crippen LogP contribution in [0.5, 0.6) is 5.75 Å². The number of hydrogen-bond acceptors (Lipinski definition) is 4. The van der Waals surface area contributed by atoms with Crippen molar-refractivity contribution in [2.75, 3.05) is 11.9 Å². The summed E-state index contributed by atoms with van der Waals surface area (Å²) in [6.45, 7) is 8.14. The van der Waals surface area contributed by atoms with Crippen LogP contribution in [0, 0.1) is 0 Å². The summed E-state index contributed by atoms with van der Waals surface area (Å²) in [5.74, 6) is 0.0284. The first-order valence-corrected chi connectivity index (χ1v) is 9.42. The summed E-state index contributed by atoms with van der Waals surface area (Å²) in [6.07, 6.45) is 2.05. The van der Waals surface area contributed by atoms with Gasteiger partial charge in [-0.25, -0.2) is 4.79 Å². The molecule has 0 unspecified atom stereocenters. The SMILES string of the molecule is CCOc1ccccc1NC(=O)[C@@H](C)OC(=O)/C=C/c1ccc(C(C)C)cc1. The number of esters is 1. The van der Waals surface area contributed by atoms with E-state index in [1.54, 1.807) is 24.3 Å². The summed E-state index contributed by atoms with van der Waals surface area (Å²) in [5, 5.41) is 2.73. The highest BCUT2D eigenvalue weighted by Gasteiger charge is 2.18. The number of hydrogen-bond donors (Lipinski definition) is 1. The van der Waals surface area contributed by atoms with E-state index < -0.39 is 18.0 Å². The maximum Gasteiger partial charge on any atom is 0.331 e. The van der Waals surface area contributed by atoms with Gasteiger partial charge in [-0.15, -0.1) is 0 Å². The van der Waals surface area contributed by atoms with Crippen LogP contribution in [0.3, 0.4) is 0 Å². The van der Waals surface area contributed by atoms with Crippen LogP contribution >= 0.6 is 0 Å². The number of nitrogens with one attached hydrogen (secondary N) is 1. The van der Waals surface area contributed by atoms with E-state index in [2.05, 4.69) is 19.2 Å². The van der Waals surface area contributed by atoms with Crippen molar-refractivity contribution in [2.24, 2.45) is 0 Å². The molecule has 28 heavy (non-hydrogen) atoms. The first-order chi connectivity index (χ1) is 13.4. The zero-order valence-corrected chi connectivity index (χ0v) is 16.8. The second-order valence-corrected chi connectivity index (χ2v) is 6.65. The van der Waals surface area contributed by atoms with Gasteiger partial charge in [0.2, 0.25) is 0 Å². The lowest BCUT2D eigenvalue weighted by Crippen LogP contribution is -2.29. The number of para-hydroxylation sites is 2. The lowest BCUT2D eigenvalue weighted by atomic mass is 10.0. The molecular weight excluding hydrogens is 354 g/mol. The fourth-order valence-electron chi connectivity index (χ4n) is 2.51. The Kier molecular flexibility index (Phi) is 7.81. The van der Waals surface area contributed by atoms with E-state index in [1.807, 2.05) is 37.3 Å². The topological polar surface area (TPSA) is 64.6 Å². The Morgan fingerprint density at radius 2 is 1.71 bits per heavy atom. The van der Waals surface area contributed by atoms with E-state index in [1.165, 1.54) is 18.6 Å². The Morgan fingerprint density at radius 3 is 2.36 bits per heavy atom. The van der Waals surface area contributed by atoms with Gasteiger partial charge in [0.25, 0.3) is 5.91 Å². The monoisotopic (exact) mass is 381 g/mol. The Labute approximate surface area is 166 Å². The molecule has 0 radical (unpaired) electrons. The second kappa shape index (κ2) is 10.3. The molecule has 0 fully saturated rings. The van der Waals surface area contributed by atoms with Crippen molar-refractivity contribution in [2.45, 2.75) is 39.7 Å². The van der Waals surface area contributed by atoms with Gasteiger partial charge in [-0.3, -0.25) is 4.79 Å². The summed E-state index contributed by atoms with van der Waals surface area (Å²) in [7, 11) is 0. The Hall–Kier alpha value is -3.08. The minimum Gasteiger partial charge on any atom is -0.492 e. The van der Waals surface area contributed by atoms with E-state index in [9.17, 15) is 9.59 Å². The van der Waals surface area contributed by atoms with Gasteiger partial charge in [-0.2, -0.15) is 0 Å². The molecule has 1 amide bonds. The van der Waals surface area contributed by atoms with Crippen LogP contribution in [-0.2, 0) is 14.3 Å². The van der Waals surface area contributed by atoms with Crippen molar-refractivity contribution >= 4 is 23.6 Å². The molecule has 0 heterocycles. The highest BCUT2D eigenvalue weighted by atomic mass is 16.5.